The van der Waals surface area contributed by atoms with Crippen LogP contribution in [-0.2, 0) is 6.54 Å². The molecule has 0 radical (unpaired) electrons. The van der Waals surface area contributed by atoms with Gasteiger partial charge in [-0.15, -0.1) is 0 Å². The predicted molar refractivity (Wildman–Crippen MR) is 78.2 cm³/mol. The van der Waals surface area contributed by atoms with Gasteiger partial charge in [0.1, 0.15) is 11.4 Å². The zero-order chi connectivity index (χ0) is 14.5. The first-order chi connectivity index (χ1) is 9.63. The highest BCUT2D eigenvalue weighted by Crippen LogP contribution is 2.29. The summed E-state index contributed by atoms with van der Waals surface area (Å²) >= 11 is 0. The van der Waals surface area contributed by atoms with Gasteiger partial charge in [0, 0.05) is 17.7 Å². The zero-order valence-corrected chi connectivity index (χ0v) is 11.4. The van der Waals surface area contributed by atoms with Crippen LogP contribution in [0.2, 0.25) is 0 Å². The van der Waals surface area contributed by atoms with Crippen LogP contribution in [0.5, 0.6) is 5.75 Å². The lowest BCUT2D eigenvalue weighted by atomic mass is 10.1. The highest BCUT2D eigenvalue weighted by atomic mass is 16.6. The van der Waals surface area contributed by atoms with Gasteiger partial charge in [0.2, 0.25) is 0 Å². The Morgan fingerprint density at radius 3 is 2.65 bits per heavy atom. The molecule has 0 heterocycles. The van der Waals surface area contributed by atoms with Gasteiger partial charge < -0.3 is 10.1 Å². The average molecular weight is 272 g/mol. The Morgan fingerprint density at radius 1 is 1.20 bits per heavy atom. The van der Waals surface area contributed by atoms with Crippen molar-refractivity contribution in [2.45, 2.75) is 13.5 Å². The standard InChI is InChI=1S/C15H16N2O3/c1-11-6-5-8-13(15(11)17(18)19)16-10-12-7-3-4-9-14(12)20-2/h3-9,16H,10H2,1-2H3. The van der Waals surface area contributed by atoms with Crippen LogP contribution in [0.25, 0.3) is 0 Å². The largest absolute Gasteiger partial charge is 0.496 e. The number of anilines is 1. The summed E-state index contributed by atoms with van der Waals surface area (Å²) in [6.45, 7) is 2.20. The van der Waals surface area contributed by atoms with E-state index in [2.05, 4.69) is 5.32 Å². The second-order valence-corrected chi connectivity index (χ2v) is 4.39. The molecule has 20 heavy (non-hydrogen) atoms. The Bertz CT molecular complexity index is 626. The molecular formula is C15H16N2O3. The van der Waals surface area contributed by atoms with Gasteiger partial charge in [-0.3, -0.25) is 10.1 Å². The highest BCUT2D eigenvalue weighted by molar-refractivity contribution is 5.65. The molecule has 0 spiro atoms. The molecule has 2 aromatic rings. The molecule has 0 atom stereocenters. The highest BCUT2D eigenvalue weighted by Gasteiger charge is 2.16. The summed E-state index contributed by atoms with van der Waals surface area (Å²) < 4.78 is 5.26. The predicted octanol–water partition coefficient (Wildman–Crippen LogP) is 3.52. The Kier molecular flexibility index (Phi) is 4.20. The first-order valence-electron chi connectivity index (χ1n) is 6.23. The molecule has 0 unspecified atom stereocenters. The van der Waals surface area contributed by atoms with E-state index in [4.69, 9.17) is 4.74 Å². The average Bonchev–Trinajstić information content (AvgIpc) is 2.45. The fraction of sp³-hybridized carbons (Fsp3) is 0.200. The summed E-state index contributed by atoms with van der Waals surface area (Å²) in [5.41, 5.74) is 2.22. The van der Waals surface area contributed by atoms with E-state index in [1.165, 1.54) is 0 Å². The van der Waals surface area contributed by atoms with Crippen LogP contribution in [0.1, 0.15) is 11.1 Å². The van der Waals surface area contributed by atoms with Crippen LogP contribution >= 0.6 is 0 Å². The molecule has 1 N–H and O–H groups in total. The van der Waals surface area contributed by atoms with Gasteiger partial charge in [-0.25, -0.2) is 0 Å². The Balaban J connectivity index is 2.23. The third-order valence-corrected chi connectivity index (χ3v) is 3.08. The maximum absolute atomic E-state index is 11.1. The van der Waals surface area contributed by atoms with Crippen molar-refractivity contribution in [1.82, 2.24) is 0 Å². The third kappa shape index (κ3) is 2.88. The first-order valence-corrected chi connectivity index (χ1v) is 6.23. The maximum atomic E-state index is 11.1. The molecule has 0 aromatic heterocycles. The van der Waals surface area contributed by atoms with Gasteiger partial charge in [-0.2, -0.15) is 0 Å². The topological polar surface area (TPSA) is 64.4 Å². The molecule has 104 valence electrons. The van der Waals surface area contributed by atoms with Crippen molar-refractivity contribution >= 4 is 11.4 Å². The Hall–Kier alpha value is -2.56. The van der Waals surface area contributed by atoms with E-state index in [0.717, 1.165) is 11.3 Å². The van der Waals surface area contributed by atoms with Crippen molar-refractivity contribution < 1.29 is 9.66 Å². The van der Waals surface area contributed by atoms with Crippen LogP contribution in [-0.4, -0.2) is 12.0 Å². The van der Waals surface area contributed by atoms with Gasteiger partial charge in [0.25, 0.3) is 5.69 Å². The molecular weight excluding hydrogens is 256 g/mol. The molecule has 0 saturated heterocycles. The van der Waals surface area contributed by atoms with E-state index in [1.54, 1.807) is 32.2 Å². The number of nitro benzene ring substituents is 1. The van der Waals surface area contributed by atoms with Crippen LogP contribution in [0.3, 0.4) is 0 Å². The number of hydrogen-bond donors (Lipinski definition) is 1. The van der Waals surface area contributed by atoms with Gasteiger partial charge >= 0.3 is 0 Å². The van der Waals surface area contributed by atoms with Crippen molar-refractivity contribution in [2.24, 2.45) is 0 Å². The summed E-state index contributed by atoms with van der Waals surface area (Å²) in [6.07, 6.45) is 0. The van der Waals surface area contributed by atoms with Gasteiger partial charge in [0.05, 0.1) is 12.0 Å². The van der Waals surface area contributed by atoms with Crippen LogP contribution < -0.4 is 10.1 Å². The molecule has 0 aliphatic carbocycles. The molecule has 2 aromatic carbocycles. The van der Waals surface area contributed by atoms with E-state index in [0.29, 0.717) is 17.8 Å². The number of methoxy groups -OCH3 is 1. The number of hydrogen-bond acceptors (Lipinski definition) is 4. The van der Waals surface area contributed by atoms with Crippen molar-refractivity contribution in [1.29, 1.82) is 0 Å². The van der Waals surface area contributed by atoms with Crippen molar-refractivity contribution in [2.75, 3.05) is 12.4 Å². The summed E-state index contributed by atoms with van der Waals surface area (Å²) in [5.74, 6) is 0.760. The van der Waals surface area contributed by atoms with E-state index in [1.807, 2.05) is 24.3 Å². The summed E-state index contributed by atoms with van der Waals surface area (Å²) in [5, 5.41) is 14.2. The number of ether oxygens (including phenoxy) is 1. The minimum Gasteiger partial charge on any atom is -0.496 e. The second kappa shape index (κ2) is 6.06. The quantitative estimate of drug-likeness (QED) is 0.668. The van der Waals surface area contributed by atoms with E-state index in [9.17, 15) is 10.1 Å². The molecule has 0 saturated carbocycles. The van der Waals surface area contributed by atoms with Crippen molar-refractivity contribution in [3.8, 4) is 5.75 Å². The summed E-state index contributed by atoms with van der Waals surface area (Å²) in [6, 6.07) is 12.8. The zero-order valence-electron chi connectivity index (χ0n) is 11.4. The monoisotopic (exact) mass is 272 g/mol. The van der Waals surface area contributed by atoms with Gasteiger partial charge in [-0.05, 0) is 19.1 Å². The lowest BCUT2D eigenvalue weighted by Gasteiger charge is -2.11. The maximum Gasteiger partial charge on any atom is 0.295 e. The van der Waals surface area contributed by atoms with Gasteiger partial charge in [-0.1, -0.05) is 30.3 Å². The third-order valence-electron chi connectivity index (χ3n) is 3.08. The number of para-hydroxylation sites is 2. The number of benzene rings is 2. The van der Waals surface area contributed by atoms with Crippen LogP contribution in [0, 0.1) is 17.0 Å². The second-order valence-electron chi connectivity index (χ2n) is 4.39. The molecule has 5 nitrogen and oxygen atoms in total. The number of nitrogens with one attached hydrogen (secondary N) is 1. The van der Waals surface area contributed by atoms with Crippen molar-refractivity contribution in [3.63, 3.8) is 0 Å². The number of rotatable bonds is 5. The fourth-order valence-corrected chi connectivity index (χ4v) is 2.08. The van der Waals surface area contributed by atoms with Crippen LogP contribution in [0.15, 0.2) is 42.5 Å². The van der Waals surface area contributed by atoms with E-state index < -0.39 is 0 Å². The molecule has 0 aliphatic heterocycles. The molecule has 0 amide bonds. The molecule has 0 aliphatic rings. The normalized spacial score (nSPS) is 10.1. The first kappa shape index (κ1) is 13.9. The SMILES string of the molecule is COc1ccccc1CNc1cccc(C)c1[N+](=O)[O-]. The number of aryl methyl sites for hydroxylation is 1. The number of nitro groups is 1. The minimum absolute atomic E-state index is 0.113. The summed E-state index contributed by atoms with van der Waals surface area (Å²) in [4.78, 5) is 10.8. The Morgan fingerprint density at radius 2 is 1.95 bits per heavy atom. The molecule has 0 fully saturated rings. The number of nitrogens with zero attached hydrogens (tertiary/aromatic N) is 1. The lowest BCUT2D eigenvalue weighted by molar-refractivity contribution is -0.384. The molecule has 0 bridgehead atoms. The summed E-state index contributed by atoms with van der Waals surface area (Å²) in [7, 11) is 1.61. The smallest absolute Gasteiger partial charge is 0.295 e. The fourth-order valence-electron chi connectivity index (χ4n) is 2.08. The van der Waals surface area contributed by atoms with E-state index >= 15 is 0 Å². The molecule has 2 rings (SSSR count). The lowest BCUT2D eigenvalue weighted by Crippen LogP contribution is -2.05. The minimum atomic E-state index is -0.361. The molecule has 5 heteroatoms. The van der Waals surface area contributed by atoms with Crippen molar-refractivity contribution in [3.05, 3.63) is 63.7 Å². The van der Waals surface area contributed by atoms with E-state index in [-0.39, 0.29) is 10.6 Å². The van der Waals surface area contributed by atoms with Crippen LogP contribution in [0.4, 0.5) is 11.4 Å². The van der Waals surface area contributed by atoms with Gasteiger partial charge in [0.15, 0.2) is 0 Å². The Labute approximate surface area is 117 Å².